The second-order valence-corrected chi connectivity index (χ2v) is 9.83. The summed E-state index contributed by atoms with van der Waals surface area (Å²) in [4.78, 5) is 13.6. The fraction of sp³-hybridized carbons (Fsp3) is 0.233. The largest absolute Gasteiger partial charge is 0.480 e. The van der Waals surface area contributed by atoms with Crippen LogP contribution in [0.25, 0.3) is 11.8 Å². The van der Waals surface area contributed by atoms with E-state index in [9.17, 15) is 4.79 Å². The number of hydrogen-bond acceptors (Lipinski definition) is 3. The third-order valence-corrected chi connectivity index (χ3v) is 6.37. The lowest BCUT2D eigenvalue weighted by atomic mass is 9.73. The van der Waals surface area contributed by atoms with Crippen LogP contribution < -0.4 is 5.32 Å². The molecule has 1 heterocycles. The molecule has 0 radical (unpaired) electrons. The summed E-state index contributed by atoms with van der Waals surface area (Å²) in [6, 6.07) is 26.6. The van der Waals surface area contributed by atoms with Crippen LogP contribution in [0.15, 0.2) is 90.1 Å². The zero-order valence-corrected chi connectivity index (χ0v) is 19.4. The van der Waals surface area contributed by atoms with Gasteiger partial charge in [-0.15, -0.1) is 0 Å². The molecule has 3 nitrogen and oxygen atoms in total. The van der Waals surface area contributed by atoms with E-state index in [1.165, 1.54) is 5.56 Å². The van der Waals surface area contributed by atoms with E-state index in [1.54, 1.807) is 0 Å². The molecule has 3 aromatic rings. The van der Waals surface area contributed by atoms with Gasteiger partial charge in [-0.25, -0.2) is 0 Å². The lowest BCUT2D eigenvalue weighted by Crippen LogP contribution is -2.32. The second-order valence-electron chi connectivity index (χ2n) is 9.83. The van der Waals surface area contributed by atoms with Crippen molar-refractivity contribution < 1.29 is 9.53 Å². The maximum atomic E-state index is 13.6. The first-order valence-corrected chi connectivity index (χ1v) is 11.5. The molecule has 0 saturated heterocycles. The summed E-state index contributed by atoms with van der Waals surface area (Å²) >= 11 is 0. The lowest BCUT2D eigenvalue weighted by molar-refractivity contribution is -0.119. The molecule has 0 aromatic heterocycles. The van der Waals surface area contributed by atoms with Gasteiger partial charge in [-0.05, 0) is 42.5 Å². The van der Waals surface area contributed by atoms with Crippen molar-refractivity contribution in [2.45, 2.75) is 39.7 Å². The number of ketones is 1. The highest BCUT2D eigenvalue weighted by molar-refractivity contribution is 6.00. The van der Waals surface area contributed by atoms with Gasteiger partial charge in [0.1, 0.15) is 5.76 Å². The summed E-state index contributed by atoms with van der Waals surface area (Å²) in [5.74, 6) is 0.943. The Morgan fingerprint density at radius 2 is 1.61 bits per heavy atom. The fourth-order valence-corrected chi connectivity index (χ4v) is 4.84. The van der Waals surface area contributed by atoms with Gasteiger partial charge in [0.2, 0.25) is 0 Å². The Hall–Kier alpha value is -3.59. The molecular formula is C30H29NO2. The molecule has 1 aliphatic carbocycles. The monoisotopic (exact) mass is 435 g/mol. The molecule has 33 heavy (non-hydrogen) atoms. The molecule has 0 fully saturated rings. The number of carbonyl (C=O) groups is 1. The molecule has 0 bridgehead atoms. The van der Waals surface area contributed by atoms with E-state index < -0.39 is 6.10 Å². The van der Waals surface area contributed by atoms with E-state index in [1.807, 2.05) is 60.7 Å². The van der Waals surface area contributed by atoms with Gasteiger partial charge in [-0.2, -0.15) is 0 Å². The number of rotatable bonds is 4. The molecule has 5 rings (SSSR count). The molecule has 1 unspecified atom stereocenters. The van der Waals surface area contributed by atoms with Crippen molar-refractivity contribution in [2.24, 2.45) is 5.41 Å². The summed E-state index contributed by atoms with van der Waals surface area (Å²) in [5.41, 5.74) is 6.90. The minimum atomic E-state index is -0.449. The number of fused-ring (bicyclic) bond motifs is 1. The van der Waals surface area contributed by atoms with Crippen LogP contribution in [0.4, 0.5) is 5.69 Å². The van der Waals surface area contributed by atoms with E-state index in [0.29, 0.717) is 6.42 Å². The molecular weight excluding hydrogens is 406 g/mol. The number of para-hydroxylation sites is 1. The van der Waals surface area contributed by atoms with Crippen molar-refractivity contribution in [3.05, 3.63) is 112 Å². The SMILES string of the molecule is Cc1ccc2c(c1)C=C(c1ccccc1)OC2C1=C(Nc2ccccc2)CC(C)(C)CC1=O. The molecule has 1 aliphatic heterocycles. The third kappa shape index (κ3) is 4.36. The number of ether oxygens (including phenoxy) is 1. The number of benzene rings is 3. The van der Waals surface area contributed by atoms with Gasteiger partial charge in [0.05, 0.1) is 5.57 Å². The van der Waals surface area contributed by atoms with E-state index >= 15 is 0 Å². The average Bonchev–Trinajstić information content (AvgIpc) is 2.79. The number of Topliss-reactive ketones (excluding diaryl/α,β-unsaturated/α-hetero) is 1. The van der Waals surface area contributed by atoms with E-state index in [0.717, 1.165) is 45.8 Å². The van der Waals surface area contributed by atoms with Crippen LogP contribution in [0.5, 0.6) is 0 Å². The molecule has 1 N–H and O–H groups in total. The summed E-state index contributed by atoms with van der Waals surface area (Å²) in [6.07, 6.45) is 2.94. The summed E-state index contributed by atoms with van der Waals surface area (Å²) in [7, 11) is 0. The normalized spacial score (nSPS) is 19.4. The van der Waals surface area contributed by atoms with Crippen molar-refractivity contribution in [1.82, 2.24) is 0 Å². The van der Waals surface area contributed by atoms with Gasteiger partial charge in [-0.1, -0.05) is 86.1 Å². The Labute approximate surface area is 195 Å². The van der Waals surface area contributed by atoms with Crippen LogP contribution in [-0.4, -0.2) is 5.78 Å². The average molecular weight is 436 g/mol. The smallest absolute Gasteiger partial charge is 0.165 e. The third-order valence-electron chi connectivity index (χ3n) is 6.37. The highest BCUT2D eigenvalue weighted by atomic mass is 16.5. The van der Waals surface area contributed by atoms with Crippen LogP contribution >= 0.6 is 0 Å². The molecule has 2 aliphatic rings. The zero-order chi connectivity index (χ0) is 23.0. The van der Waals surface area contributed by atoms with Crippen molar-refractivity contribution in [1.29, 1.82) is 0 Å². The van der Waals surface area contributed by atoms with E-state index in [-0.39, 0.29) is 11.2 Å². The number of carbonyl (C=O) groups excluding carboxylic acids is 1. The quantitative estimate of drug-likeness (QED) is 0.466. The predicted octanol–water partition coefficient (Wildman–Crippen LogP) is 7.32. The fourth-order valence-electron chi connectivity index (χ4n) is 4.84. The van der Waals surface area contributed by atoms with Crippen LogP contribution in [0, 0.1) is 12.3 Å². The molecule has 1 atom stereocenters. The number of hydrogen-bond donors (Lipinski definition) is 1. The number of allylic oxidation sites excluding steroid dienone is 1. The van der Waals surface area contributed by atoms with Crippen molar-refractivity contribution in [2.75, 3.05) is 5.32 Å². The molecule has 0 saturated carbocycles. The van der Waals surface area contributed by atoms with Crippen LogP contribution in [-0.2, 0) is 9.53 Å². The van der Waals surface area contributed by atoms with Crippen molar-refractivity contribution >= 4 is 23.3 Å². The first-order chi connectivity index (χ1) is 15.9. The summed E-state index contributed by atoms with van der Waals surface area (Å²) in [6.45, 7) is 6.40. The van der Waals surface area contributed by atoms with Gasteiger partial charge >= 0.3 is 0 Å². The van der Waals surface area contributed by atoms with E-state index in [4.69, 9.17) is 4.74 Å². The summed E-state index contributed by atoms with van der Waals surface area (Å²) in [5, 5.41) is 3.57. The van der Waals surface area contributed by atoms with Crippen LogP contribution in [0.3, 0.4) is 0 Å². The Kier molecular flexibility index (Phi) is 5.41. The first kappa shape index (κ1) is 21.3. The predicted molar refractivity (Wildman–Crippen MR) is 134 cm³/mol. The molecule has 3 aromatic carbocycles. The Balaban J connectivity index is 1.66. The molecule has 166 valence electrons. The highest BCUT2D eigenvalue weighted by Crippen LogP contribution is 2.46. The van der Waals surface area contributed by atoms with E-state index in [2.05, 4.69) is 50.4 Å². The standard InChI is InChI=1S/C30H29NO2/c1-20-14-15-24-22(16-20)17-27(21-10-6-4-7-11-21)33-29(24)28-25(18-30(2,3)19-26(28)32)31-23-12-8-5-9-13-23/h4-17,29,31H,18-19H2,1-3H3. The summed E-state index contributed by atoms with van der Waals surface area (Å²) < 4.78 is 6.63. The van der Waals surface area contributed by atoms with Gasteiger partial charge in [-0.3, -0.25) is 4.79 Å². The first-order valence-electron chi connectivity index (χ1n) is 11.5. The molecule has 0 amide bonds. The number of aryl methyl sites for hydroxylation is 1. The van der Waals surface area contributed by atoms with Crippen molar-refractivity contribution in [3.8, 4) is 0 Å². The molecule has 3 heteroatoms. The number of nitrogens with one attached hydrogen (secondary N) is 1. The minimum Gasteiger partial charge on any atom is -0.480 e. The van der Waals surface area contributed by atoms with Crippen LogP contribution in [0.1, 0.15) is 55.0 Å². The maximum Gasteiger partial charge on any atom is 0.165 e. The zero-order valence-electron chi connectivity index (χ0n) is 19.4. The Morgan fingerprint density at radius 3 is 2.33 bits per heavy atom. The minimum absolute atomic E-state index is 0.111. The van der Waals surface area contributed by atoms with Gasteiger partial charge < -0.3 is 10.1 Å². The Bertz CT molecular complexity index is 1250. The topological polar surface area (TPSA) is 38.3 Å². The number of anilines is 1. The van der Waals surface area contributed by atoms with Crippen molar-refractivity contribution in [3.63, 3.8) is 0 Å². The Morgan fingerprint density at radius 1 is 0.909 bits per heavy atom. The van der Waals surface area contributed by atoms with Gasteiger partial charge in [0.15, 0.2) is 11.9 Å². The molecule has 0 spiro atoms. The van der Waals surface area contributed by atoms with Crippen LogP contribution in [0.2, 0.25) is 0 Å². The maximum absolute atomic E-state index is 13.6. The second kappa shape index (κ2) is 8.40. The lowest BCUT2D eigenvalue weighted by Gasteiger charge is -2.37. The van der Waals surface area contributed by atoms with Gasteiger partial charge in [0, 0.05) is 28.9 Å². The van der Waals surface area contributed by atoms with Gasteiger partial charge in [0.25, 0.3) is 0 Å². The highest BCUT2D eigenvalue weighted by Gasteiger charge is 2.39.